The van der Waals surface area contributed by atoms with E-state index in [1.165, 1.54) is 4.90 Å². The van der Waals surface area contributed by atoms with Gasteiger partial charge in [-0.25, -0.2) is 0 Å². The van der Waals surface area contributed by atoms with Gasteiger partial charge in [-0.05, 0) is 79.6 Å². The lowest BCUT2D eigenvalue weighted by atomic mass is 9.57. The molecule has 1 fully saturated rings. The Labute approximate surface area is 260 Å². The highest BCUT2D eigenvalue weighted by molar-refractivity contribution is 6.24. The van der Waals surface area contributed by atoms with E-state index in [0.29, 0.717) is 24.1 Å². The first-order valence-corrected chi connectivity index (χ1v) is 15.4. The summed E-state index contributed by atoms with van der Waals surface area (Å²) in [7, 11) is 3.18. The maximum Gasteiger partial charge on any atom is 0.255 e. The van der Waals surface area contributed by atoms with Crippen molar-refractivity contribution in [1.29, 1.82) is 0 Å². The van der Waals surface area contributed by atoms with Crippen LogP contribution in [0.5, 0.6) is 5.75 Å². The van der Waals surface area contributed by atoms with Crippen molar-refractivity contribution >= 4 is 23.2 Å². The van der Waals surface area contributed by atoms with Gasteiger partial charge in [0.2, 0.25) is 5.78 Å². The molecular formula is C34H49N3O7. The summed E-state index contributed by atoms with van der Waals surface area (Å²) in [5, 5.41) is 49.8. The quantitative estimate of drug-likeness (QED) is 0.241. The summed E-state index contributed by atoms with van der Waals surface area (Å²) in [6, 6.07) is 0.866. The highest BCUT2D eigenvalue weighted by atomic mass is 16.3. The number of likely N-dealkylation sites (N-methyl/N-ethyl adjacent to an activating group) is 1. The molecule has 10 heteroatoms. The molecule has 1 saturated carbocycles. The summed E-state index contributed by atoms with van der Waals surface area (Å²) in [4.78, 5) is 41.3. The van der Waals surface area contributed by atoms with E-state index < -0.39 is 58.0 Å². The van der Waals surface area contributed by atoms with Gasteiger partial charge in [0.1, 0.15) is 22.8 Å². The summed E-state index contributed by atoms with van der Waals surface area (Å²) in [6.45, 7) is 14.0. The third kappa shape index (κ3) is 5.91. The molecule has 0 radical (unpaired) electrons. The number of primary amides is 1. The number of aryl methyl sites for hydroxylation is 1. The third-order valence-electron chi connectivity index (χ3n) is 9.24. The van der Waals surface area contributed by atoms with Crippen LogP contribution < -0.4 is 11.1 Å². The summed E-state index contributed by atoms with van der Waals surface area (Å²) in [5.41, 5.74) is 4.36. The van der Waals surface area contributed by atoms with Crippen molar-refractivity contribution < 1.29 is 34.8 Å². The number of aliphatic hydroxyl groups is 3. The number of phenolic OH excluding ortho intramolecular Hbond substituents is 1. The second-order valence-electron chi connectivity index (χ2n) is 15.4. The van der Waals surface area contributed by atoms with Crippen LogP contribution in [-0.2, 0) is 33.8 Å². The lowest BCUT2D eigenvalue weighted by Gasteiger charge is -2.50. The molecule has 0 bridgehead atoms. The van der Waals surface area contributed by atoms with E-state index in [-0.39, 0.29) is 40.6 Å². The van der Waals surface area contributed by atoms with E-state index in [1.54, 1.807) is 14.1 Å². The van der Waals surface area contributed by atoms with E-state index >= 15 is 0 Å². The second kappa shape index (κ2) is 11.6. The minimum atomic E-state index is -2.65. The number of Topliss-reactive ketones (excluding diaryl/α,β-unsaturated/α-hetero) is 2. The smallest absolute Gasteiger partial charge is 0.255 e. The van der Waals surface area contributed by atoms with Gasteiger partial charge in [0.25, 0.3) is 5.91 Å². The van der Waals surface area contributed by atoms with Crippen LogP contribution in [0.2, 0.25) is 0 Å². The first-order valence-electron chi connectivity index (χ1n) is 15.4. The third-order valence-corrected chi connectivity index (χ3v) is 9.24. The molecule has 3 aliphatic carbocycles. The molecule has 10 nitrogen and oxygen atoms in total. The molecule has 3 aliphatic rings. The summed E-state index contributed by atoms with van der Waals surface area (Å²) < 4.78 is 0. The number of hydrogen-bond acceptors (Lipinski definition) is 9. The number of fused-ring (bicyclic) bond motifs is 3. The molecule has 7 N–H and O–H groups in total. The zero-order valence-electron chi connectivity index (χ0n) is 27.3. The Morgan fingerprint density at radius 1 is 1.07 bits per heavy atom. The molecule has 1 amide bonds. The van der Waals surface area contributed by atoms with Crippen molar-refractivity contribution in [2.75, 3.05) is 20.6 Å². The average Bonchev–Trinajstić information content (AvgIpc) is 2.86. The Morgan fingerprint density at radius 2 is 1.70 bits per heavy atom. The van der Waals surface area contributed by atoms with Crippen molar-refractivity contribution in [2.45, 2.75) is 91.8 Å². The van der Waals surface area contributed by atoms with Gasteiger partial charge in [-0.3, -0.25) is 19.3 Å². The summed E-state index contributed by atoms with van der Waals surface area (Å²) >= 11 is 0. The fourth-order valence-corrected chi connectivity index (χ4v) is 7.18. The number of ketones is 2. The van der Waals surface area contributed by atoms with Crippen molar-refractivity contribution in [2.24, 2.45) is 28.4 Å². The van der Waals surface area contributed by atoms with Gasteiger partial charge in [0.15, 0.2) is 11.4 Å². The number of rotatable bonds is 8. The van der Waals surface area contributed by atoms with Gasteiger partial charge >= 0.3 is 0 Å². The molecule has 4 rings (SSSR count). The van der Waals surface area contributed by atoms with Crippen LogP contribution in [0.25, 0.3) is 5.76 Å². The molecule has 1 aromatic carbocycles. The Balaban J connectivity index is 1.88. The maximum absolute atomic E-state index is 14.2. The van der Waals surface area contributed by atoms with Gasteiger partial charge in [-0.1, -0.05) is 47.6 Å². The molecule has 4 atom stereocenters. The van der Waals surface area contributed by atoms with Crippen LogP contribution in [0.1, 0.15) is 83.1 Å². The van der Waals surface area contributed by atoms with E-state index in [2.05, 4.69) is 46.9 Å². The molecule has 0 aromatic heterocycles. The Kier molecular flexibility index (Phi) is 8.89. The molecule has 0 heterocycles. The normalized spacial score (nSPS) is 25.7. The first-order chi connectivity index (χ1) is 20.2. The number of phenols is 1. The number of carbonyl (C=O) groups is 3. The average molecular weight is 612 g/mol. The minimum Gasteiger partial charge on any atom is -0.508 e. The maximum atomic E-state index is 14.2. The Hall–Kier alpha value is -3.21. The predicted molar refractivity (Wildman–Crippen MR) is 168 cm³/mol. The fourth-order valence-electron chi connectivity index (χ4n) is 7.18. The number of benzene rings is 1. The molecule has 0 spiro atoms. The number of nitrogens with one attached hydrogen (secondary N) is 1. The van der Waals surface area contributed by atoms with E-state index in [1.807, 2.05) is 6.07 Å². The molecule has 0 saturated heterocycles. The number of aromatic hydroxyl groups is 1. The standard InChI is InChI=1S/C34H49N3O7/c1-32(2,3)11-9-10-17-12-19(15-36-16-33(4,5)6)20-13-18-14-21-25(37(7)8)28(40)24(31(35)43)30(42)34(21,44)29(41)22(18)27(39)23(20)26(17)38/h12,18,21,25,36,38-39,42,44H,9-11,13-16H2,1-8H3,(H2,35,43)/t18-,21-,25?,34-/m0/s1. The number of aliphatic hydroxyl groups excluding tert-OH is 2. The zero-order valence-corrected chi connectivity index (χ0v) is 27.3. The van der Waals surface area contributed by atoms with Gasteiger partial charge in [-0.15, -0.1) is 0 Å². The lowest BCUT2D eigenvalue weighted by Crippen LogP contribution is -2.65. The van der Waals surface area contributed by atoms with Gasteiger partial charge in [0.05, 0.1) is 11.6 Å². The monoisotopic (exact) mass is 611 g/mol. The summed E-state index contributed by atoms with van der Waals surface area (Å²) in [6.07, 6.45) is 2.63. The SMILES string of the molecule is CN(C)C1C(=O)C(C(N)=O)=C(O)[C@@]2(O)C(=O)C3=C(O)c4c(O)c(CCCC(C)(C)C)cc(CNCC(C)(C)C)c4C[C@H]3C[C@@H]12. The number of nitrogens with zero attached hydrogens (tertiary/aromatic N) is 1. The van der Waals surface area contributed by atoms with Crippen LogP contribution in [0.3, 0.4) is 0 Å². The topological polar surface area (TPSA) is 173 Å². The van der Waals surface area contributed by atoms with Gasteiger partial charge in [0, 0.05) is 24.6 Å². The molecule has 0 aliphatic heterocycles. The van der Waals surface area contributed by atoms with Gasteiger partial charge in [-0.2, -0.15) is 0 Å². The number of carbonyl (C=O) groups excluding carboxylic acids is 3. The first kappa shape index (κ1) is 33.7. The van der Waals surface area contributed by atoms with E-state index in [4.69, 9.17) is 5.73 Å². The Bertz CT molecular complexity index is 1440. The van der Waals surface area contributed by atoms with Crippen molar-refractivity contribution in [3.8, 4) is 5.75 Å². The number of nitrogens with two attached hydrogens (primary N) is 1. The largest absolute Gasteiger partial charge is 0.508 e. The van der Waals surface area contributed by atoms with Crippen molar-refractivity contribution in [1.82, 2.24) is 10.2 Å². The molecule has 1 aromatic rings. The van der Waals surface area contributed by atoms with Crippen molar-refractivity contribution in [3.63, 3.8) is 0 Å². The van der Waals surface area contributed by atoms with E-state index in [9.17, 15) is 34.8 Å². The van der Waals surface area contributed by atoms with Crippen LogP contribution in [0.4, 0.5) is 0 Å². The molecule has 242 valence electrons. The fraction of sp³-hybridized carbons (Fsp3) is 0.618. The number of hydrogen-bond donors (Lipinski definition) is 6. The van der Waals surface area contributed by atoms with Crippen LogP contribution in [0, 0.1) is 22.7 Å². The molecule has 1 unspecified atom stereocenters. The van der Waals surface area contributed by atoms with E-state index in [0.717, 1.165) is 24.9 Å². The predicted octanol–water partition coefficient (Wildman–Crippen LogP) is 3.47. The Morgan fingerprint density at radius 3 is 2.25 bits per heavy atom. The van der Waals surface area contributed by atoms with Gasteiger partial charge < -0.3 is 31.5 Å². The highest BCUT2D eigenvalue weighted by Crippen LogP contribution is 2.53. The van der Waals surface area contributed by atoms with Crippen LogP contribution in [-0.4, -0.2) is 75.1 Å². The van der Waals surface area contributed by atoms with Crippen LogP contribution in [0.15, 0.2) is 23.0 Å². The highest BCUT2D eigenvalue weighted by Gasteiger charge is 2.64. The lowest BCUT2D eigenvalue weighted by molar-refractivity contribution is -0.153. The molecular weight excluding hydrogens is 562 g/mol. The second-order valence-corrected chi connectivity index (χ2v) is 15.4. The number of amides is 1. The molecule has 44 heavy (non-hydrogen) atoms. The van der Waals surface area contributed by atoms with Crippen molar-refractivity contribution in [3.05, 3.63) is 45.2 Å². The summed E-state index contributed by atoms with van der Waals surface area (Å²) in [5.74, 6) is -6.36. The van der Waals surface area contributed by atoms with Crippen LogP contribution >= 0.6 is 0 Å². The minimum absolute atomic E-state index is 0.0238. The zero-order chi connectivity index (χ0) is 33.1.